The van der Waals surface area contributed by atoms with Crippen LogP contribution in [0.25, 0.3) is 0 Å². The first kappa shape index (κ1) is 15.5. The Morgan fingerprint density at radius 2 is 2.05 bits per heavy atom. The monoisotopic (exact) mass is 292 g/mol. The molecule has 0 saturated carbocycles. The second-order valence-corrected chi connectivity index (χ2v) is 3.76. The summed E-state index contributed by atoms with van der Waals surface area (Å²) in [6.45, 7) is 0.321. The van der Waals surface area contributed by atoms with Crippen LogP contribution < -0.4 is 5.73 Å². The topological polar surface area (TPSA) is 56.7 Å². The third-order valence-electron chi connectivity index (χ3n) is 2.41. The van der Waals surface area contributed by atoms with Gasteiger partial charge in [-0.25, -0.2) is 0 Å². The van der Waals surface area contributed by atoms with Crippen LogP contribution >= 0.6 is 12.4 Å². The van der Waals surface area contributed by atoms with Crippen LogP contribution in [0.4, 0.5) is 13.2 Å². The third kappa shape index (κ3) is 3.68. The average molecular weight is 293 g/mol. The summed E-state index contributed by atoms with van der Waals surface area (Å²) in [4.78, 5) is 3.38. The van der Waals surface area contributed by atoms with Gasteiger partial charge >= 0.3 is 6.18 Å². The molecular weight excluding hydrogens is 281 g/mol. The SMILES string of the molecule is Cl.NCc1cnn(Cc2cccnc2C(F)(F)F)c1. The van der Waals surface area contributed by atoms with E-state index < -0.39 is 11.9 Å². The Labute approximate surface area is 113 Å². The zero-order valence-electron chi connectivity index (χ0n) is 9.76. The van der Waals surface area contributed by atoms with E-state index in [1.165, 1.54) is 23.0 Å². The van der Waals surface area contributed by atoms with Crippen molar-refractivity contribution in [1.29, 1.82) is 0 Å². The van der Waals surface area contributed by atoms with Crippen molar-refractivity contribution >= 4 is 12.4 Å². The maximum atomic E-state index is 12.7. The zero-order valence-corrected chi connectivity index (χ0v) is 10.6. The summed E-state index contributed by atoms with van der Waals surface area (Å²) in [7, 11) is 0. The fourth-order valence-corrected chi connectivity index (χ4v) is 1.59. The summed E-state index contributed by atoms with van der Waals surface area (Å²) in [5, 5.41) is 3.95. The molecule has 0 aromatic carbocycles. The third-order valence-corrected chi connectivity index (χ3v) is 2.41. The summed E-state index contributed by atoms with van der Waals surface area (Å²) in [5.41, 5.74) is 5.38. The number of aromatic nitrogens is 3. The second kappa shape index (κ2) is 6.03. The highest BCUT2D eigenvalue weighted by atomic mass is 35.5. The van der Waals surface area contributed by atoms with Crippen LogP contribution in [0.2, 0.25) is 0 Å². The van der Waals surface area contributed by atoms with Crippen molar-refractivity contribution in [1.82, 2.24) is 14.8 Å². The smallest absolute Gasteiger partial charge is 0.326 e. The minimum atomic E-state index is -4.46. The molecule has 0 aliphatic heterocycles. The van der Waals surface area contributed by atoms with Crippen molar-refractivity contribution in [2.45, 2.75) is 19.3 Å². The van der Waals surface area contributed by atoms with Gasteiger partial charge in [-0.3, -0.25) is 9.67 Å². The molecule has 0 fully saturated rings. The average Bonchev–Trinajstić information content (AvgIpc) is 2.76. The van der Waals surface area contributed by atoms with Gasteiger partial charge < -0.3 is 5.73 Å². The lowest BCUT2D eigenvalue weighted by atomic mass is 10.2. The fraction of sp³-hybridized carbons (Fsp3) is 0.273. The van der Waals surface area contributed by atoms with Gasteiger partial charge in [0.2, 0.25) is 0 Å². The molecule has 0 aliphatic rings. The highest BCUT2D eigenvalue weighted by Crippen LogP contribution is 2.30. The summed E-state index contributed by atoms with van der Waals surface area (Å²) in [5.74, 6) is 0. The molecule has 19 heavy (non-hydrogen) atoms. The minimum Gasteiger partial charge on any atom is -0.326 e. The van der Waals surface area contributed by atoms with E-state index in [1.807, 2.05) is 0 Å². The van der Waals surface area contributed by atoms with Gasteiger partial charge in [-0.2, -0.15) is 18.3 Å². The van der Waals surface area contributed by atoms with Crippen LogP contribution in [0.1, 0.15) is 16.8 Å². The standard InChI is InChI=1S/C11H11F3N4.ClH/c12-11(13,14)10-9(2-1-3-16-10)7-18-6-8(4-15)5-17-18;/h1-3,5-6H,4,7,15H2;1H. The number of nitrogens with zero attached hydrogens (tertiary/aromatic N) is 3. The van der Waals surface area contributed by atoms with Crippen molar-refractivity contribution in [2.75, 3.05) is 0 Å². The second-order valence-electron chi connectivity index (χ2n) is 3.76. The van der Waals surface area contributed by atoms with Gasteiger partial charge in [0.05, 0.1) is 12.7 Å². The van der Waals surface area contributed by atoms with Crippen molar-refractivity contribution in [3.05, 3.63) is 47.5 Å². The van der Waals surface area contributed by atoms with Gasteiger partial charge in [-0.15, -0.1) is 12.4 Å². The van der Waals surface area contributed by atoms with Crippen LogP contribution in [-0.4, -0.2) is 14.8 Å². The summed E-state index contributed by atoms with van der Waals surface area (Å²) >= 11 is 0. The summed E-state index contributed by atoms with van der Waals surface area (Å²) < 4.78 is 39.5. The number of hydrogen-bond acceptors (Lipinski definition) is 3. The number of rotatable bonds is 3. The molecule has 0 unspecified atom stereocenters. The molecule has 0 atom stereocenters. The molecule has 2 N–H and O–H groups in total. The highest BCUT2D eigenvalue weighted by Gasteiger charge is 2.34. The normalized spacial score (nSPS) is 11.2. The molecule has 0 bridgehead atoms. The first-order chi connectivity index (χ1) is 8.50. The van der Waals surface area contributed by atoms with Gasteiger partial charge in [-0.1, -0.05) is 6.07 Å². The number of nitrogens with two attached hydrogens (primary N) is 1. The Hall–Kier alpha value is -1.60. The van der Waals surface area contributed by atoms with Gasteiger partial charge in [0.15, 0.2) is 0 Å². The van der Waals surface area contributed by atoms with E-state index in [9.17, 15) is 13.2 Å². The van der Waals surface area contributed by atoms with Gasteiger partial charge in [0.1, 0.15) is 5.69 Å². The van der Waals surface area contributed by atoms with Crippen LogP contribution in [0, 0.1) is 0 Å². The lowest BCUT2D eigenvalue weighted by molar-refractivity contribution is -0.141. The Morgan fingerprint density at radius 3 is 2.63 bits per heavy atom. The first-order valence-corrected chi connectivity index (χ1v) is 5.23. The van der Waals surface area contributed by atoms with Crippen molar-refractivity contribution in [3.8, 4) is 0 Å². The molecule has 0 saturated heterocycles. The molecule has 2 heterocycles. The molecule has 104 valence electrons. The maximum Gasteiger partial charge on any atom is 0.433 e. The van der Waals surface area contributed by atoms with Crippen LogP contribution in [0.3, 0.4) is 0 Å². The molecule has 2 aromatic rings. The molecule has 2 aromatic heterocycles. The summed E-state index contributed by atoms with van der Waals surface area (Å²) in [6, 6.07) is 2.86. The van der Waals surface area contributed by atoms with Crippen molar-refractivity contribution < 1.29 is 13.2 Å². The highest BCUT2D eigenvalue weighted by molar-refractivity contribution is 5.85. The molecule has 2 rings (SSSR count). The fourth-order valence-electron chi connectivity index (χ4n) is 1.59. The molecule has 0 amide bonds. The van der Waals surface area contributed by atoms with Gasteiger partial charge in [-0.05, 0) is 6.07 Å². The van der Waals surface area contributed by atoms with E-state index in [0.717, 1.165) is 11.8 Å². The quantitative estimate of drug-likeness (QED) is 0.944. The number of pyridine rings is 1. The predicted molar refractivity (Wildman–Crippen MR) is 65.7 cm³/mol. The van der Waals surface area contributed by atoms with E-state index in [1.54, 1.807) is 6.20 Å². The Morgan fingerprint density at radius 1 is 1.32 bits per heavy atom. The predicted octanol–water partition coefficient (Wildman–Crippen LogP) is 2.23. The number of hydrogen-bond donors (Lipinski definition) is 1. The molecular formula is C11H12ClF3N4. The van der Waals surface area contributed by atoms with E-state index in [0.29, 0.717) is 6.54 Å². The minimum absolute atomic E-state index is 0. The van der Waals surface area contributed by atoms with E-state index >= 15 is 0 Å². The summed E-state index contributed by atoms with van der Waals surface area (Å²) in [6.07, 6.45) is -0.183. The number of halogens is 4. The lowest BCUT2D eigenvalue weighted by Crippen LogP contribution is -2.14. The molecule has 8 heteroatoms. The van der Waals surface area contributed by atoms with E-state index in [-0.39, 0.29) is 24.5 Å². The van der Waals surface area contributed by atoms with Crippen molar-refractivity contribution in [3.63, 3.8) is 0 Å². The van der Waals surface area contributed by atoms with Crippen LogP contribution in [-0.2, 0) is 19.3 Å². The molecule has 0 radical (unpaired) electrons. The zero-order chi connectivity index (χ0) is 13.2. The Balaban J connectivity index is 0.00000180. The molecule has 4 nitrogen and oxygen atoms in total. The van der Waals surface area contributed by atoms with E-state index in [2.05, 4.69) is 10.1 Å². The van der Waals surface area contributed by atoms with Gasteiger partial charge in [0.25, 0.3) is 0 Å². The van der Waals surface area contributed by atoms with Crippen LogP contribution in [0.15, 0.2) is 30.7 Å². The van der Waals surface area contributed by atoms with E-state index in [4.69, 9.17) is 5.73 Å². The molecule has 0 aliphatic carbocycles. The van der Waals surface area contributed by atoms with Crippen molar-refractivity contribution in [2.24, 2.45) is 5.73 Å². The Kier molecular flexibility index (Phi) is 4.90. The lowest BCUT2D eigenvalue weighted by Gasteiger charge is -2.11. The van der Waals surface area contributed by atoms with Gasteiger partial charge in [0, 0.05) is 30.1 Å². The maximum absolute atomic E-state index is 12.7. The number of alkyl halides is 3. The van der Waals surface area contributed by atoms with Crippen LogP contribution in [0.5, 0.6) is 0 Å². The molecule has 0 spiro atoms. The Bertz CT molecular complexity index is 539. The first-order valence-electron chi connectivity index (χ1n) is 5.23. The largest absolute Gasteiger partial charge is 0.433 e.